The normalized spacial score (nSPS) is 12.3. The number of nitrogens with zero attached hydrogens (tertiary/aromatic N) is 3. The van der Waals surface area contributed by atoms with Crippen LogP contribution in [0.15, 0.2) is 28.7 Å². The van der Waals surface area contributed by atoms with E-state index in [1.807, 2.05) is 38.1 Å². The van der Waals surface area contributed by atoms with Crippen LogP contribution in [0, 0.1) is 6.92 Å². The number of rotatable bonds is 10. The summed E-state index contributed by atoms with van der Waals surface area (Å²) in [6, 6.07) is 7.45. The van der Waals surface area contributed by atoms with E-state index in [9.17, 15) is 4.79 Å². The molecule has 0 fully saturated rings. The highest BCUT2D eigenvalue weighted by Crippen LogP contribution is 2.33. The number of hydrogen-bond donors (Lipinski definition) is 1. The lowest BCUT2D eigenvalue weighted by Gasteiger charge is -2.08. The fraction of sp³-hybridized carbons (Fsp3) is 0.455. The van der Waals surface area contributed by atoms with Crippen LogP contribution in [0.25, 0.3) is 22.4 Å². The van der Waals surface area contributed by atoms with Gasteiger partial charge in [-0.1, -0.05) is 25.8 Å². The maximum atomic E-state index is 11.3. The van der Waals surface area contributed by atoms with Crippen molar-refractivity contribution in [2.75, 3.05) is 7.11 Å². The molecular weight excluding hydrogens is 368 g/mol. The van der Waals surface area contributed by atoms with Gasteiger partial charge in [0.2, 0.25) is 5.89 Å². The van der Waals surface area contributed by atoms with Crippen molar-refractivity contribution in [3.63, 3.8) is 0 Å². The molecule has 2 N–H and O–H groups in total. The molecule has 0 spiro atoms. The molecule has 2 heterocycles. The fourth-order valence-electron chi connectivity index (χ4n) is 3.25. The summed E-state index contributed by atoms with van der Waals surface area (Å²) < 4.78 is 11.4. The number of carbonyl (C=O) groups excluding carboxylic acids is 1. The van der Waals surface area contributed by atoms with Gasteiger partial charge in [-0.25, -0.2) is 0 Å². The van der Waals surface area contributed by atoms with Crippen LogP contribution in [0.4, 0.5) is 0 Å². The molecule has 154 valence electrons. The van der Waals surface area contributed by atoms with Crippen molar-refractivity contribution in [3.8, 4) is 17.2 Å². The van der Waals surface area contributed by atoms with Crippen molar-refractivity contribution in [1.29, 1.82) is 0 Å². The van der Waals surface area contributed by atoms with Gasteiger partial charge in [0.1, 0.15) is 11.5 Å². The number of benzene rings is 1. The van der Waals surface area contributed by atoms with Gasteiger partial charge < -0.3 is 14.9 Å². The highest BCUT2D eigenvalue weighted by molar-refractivity contribution is 5.86. The zero-order valence-corrected chi connectivity index (χ0v) is 17.3. The number of methoxy groups -OCH3 is 1. The predicted molar refractivity (Wildman–Crippen MR) is 112 cm³/mol. The summed E-state index contributed by atoms with van der Waals surface area (Å²) in [6.45, 7) is 3.85. The molecule has 1 atom stereocenters. The number of hydrogen-bond acceptors (Lipinski definition) is 7. The minimum absolute atomic E-state index is 0.311. The van der Waals surface area contributed by atoms with E-state index in [4.69, 9.17) is 14.9 Å². The van der Waals surface area contributed by atoms with Gasteiger partial charge >= 0.3 is 0 Å². The number of aromatic nitrogens is 3. The average Bonchev–Trinajstić information content (AvgIpc) is 3.22. The van der Waals surface area contributed by atoms with Crippen molar-refractivity contribution < 1.29 is 13.9 Å². The van der Waals surface area contributed by atoms with Gasteiger partial charge in [-0.15, -0.1) is 10.2 Å². The van der Waals surface area contributed by atoms with Gasteiger partial charge in [0.15, 0.2) is 0 Å². The lowest BCUT2D eigenvalue weighted by Crippen LogP contribution is -2.10. The number of ether oxygens (including phenoxy) is 1. The van der Waals surface area contributed by atoms with Gasteiger partial charge in [-0.2, -0.15) is 0 Å². The molecule has 7 nitrogen and oxygen atoms in total. The Morgan fingerprint density at radius 1 is 1.21 bits per heavy atom. The largest absolute Gasteiger partial charge is 0.496 e. The summed E-state index contributed by atoms with van der Waals surface area (Å²) in [5.74, 6) is 1.72. The van der Waals surface area contributed by atoms with Crippen molar-refractivity contribution in [1.82, 2.24) is 15.2 Å². The average molecular weight is 396 g/mol. The number of Topliss-reactive ketones (excluding diaryl/α,β-unsaturated/α-hetero) is 1. The lowest BCUT2D eigenvalue weighted by atomic mass is 10.1. The highest BCUT2D eigenvalue weighted by Gasteiger charge is 2.19. The first-order valence-electron chi connectivity index (χ1n) is 10.1. The van der Waals surface area contributed by atoms with Gasteiger partial charge in [0, 0.05) is 30.0 Å². The number of unbranched alkanes of at least 4 members (excludes halogenated alkanes) is 2. The van der Waals surface area contributed by atoms with Crippen molar-refractivity contribution >= 4 is 16.7 Å². The fourth-order valence-corrected chi connectivity index (χ4v) is 3.25. The lowest BCUT2D eigenvalue weighted by molar-refractivity contribution is -0.118. The van der Waals surface area contributed by atoms with Crippen LogP contribution in [0.3, 0.4) is 0 Å². The molecule has 7 heteroatoms. The van der Waals surface area contributed by atoms with Crippen LogP contribution in [0.5, 0.6) is 5.75 Å². The van der Waals surface area contributed by atoms with Crippen molar-refractivity contribution in [2.45, 2.75) is 58.4 Å². The molecule has 0 aliphatic rings. The number of ketones is 1. The van der Waals surface area contributed by atoms with E-state index in [-0.39, 0.29) is 6.04 Å². The molecule has 0 saturated heterocycles. The topological polar surface area (TPSA) is 104 Å². The van der Waals surface area contributed by atoms with Crippen LogP contribution in [0.2, 0.25) is 0 Å². The zero-order valence-electron chi connectivity index (χ0n) is 17.3. The van der Waals surface area contributed by atoms with E-state index in [1.165, 1.54) is 0 Å². The van der Waals surface area contributed by atoms with Crippen molar-refractivity contribution in [2.24, 2.45) is 5.73 Å². The summed E-state index contributed by atoms with van der Waals surface area (Å²) >= 11 is 0. The third-order valence-corrected chi connectivity index (χ3v) is 5.00. The minimum Gasteiger partial charge on any atom is -0.496 e. The summed E-state index contributed by atoms with van der Waals surface area (Å²) in [7, 11) is 1.60. The quantitative estimate of drug-likeness (QED) is 0.502. The second kappa shape index (κ2) is 9.60. The second-order valence-corrected chi connectivity index (χ2v) is 7.24. The third kappa shape index (κ3) is 5.17. The summed E-state index contributed by atoms with van der Waals surface area (Å²) in [4.78, 5) is 15.9. The van der Waals surface area contributed by atoms with E-state index in [2.05, 4.69) is 15.2 Å². The highest BCUT2D eigenvalue weighted by atomic mass is 16.5. The first-order valence-corrected chi connectivity index (χ1v) is 10.1. The standard InChI is InChI=1S/C22H28N4O3/c1-4-16(27)8-6-5-7-9-18(23)22-26-25-21(29-22)17-12-15-11-10-14(2)24-19(15)13-20(17)28-3/h10-13,18H,4-9,23H2,1-3H3/t18-/m0/s1. The molecule has 0 bridgehead atoms. The Kier molecular flexibility index (Phi) is 6.93. The Morgan fingerprint density at radius 3 is 2.79 bits per heavy atom. The van der Waals surface area contributed by atoms with Crippen molar-refractivity contribution in [3.05, 3.63) is 35.9 Å². The molecule has 3 aromatic rings. The summed E-state index contributed by atoms with van der Waals surface area (Å²) in [5.41, 5.74) is 8.74. The van der Waals surface area contributed by atoms with E-state index in [1.54, 1.807) is 7.11 Å². The van der Waals surface area contributed by atoms with Crippen LogP contribution < -0.4 is 10.5 Å². The molecular formula is C22H28N4O3. The van der Waals surface area contributed by atoms with Gasteiger partial charge in [0.25, 0.3) is 5.89 Å². The third-order valence-electron chi connectivity index (χ3n) is 5.00. The SMILES string of the molecule is CCC(=O)CCCCC[C@H](N)c1nnc(-c2cc3ccc(C)nc3cc2OC)o1. The van der Waals surface area contributed by atoms with Gasteiger partial charge in [-0.05, 0) is 31.9 Å². The molecule has 0 radical (unpaired) electrons. The molecule has 0 aliphatic heterocycles. The van der Waals surface area contributed by atoms with E-state index >= 15 is 0 Å². The Bertz CT molecular complexity index is 983. The molecule has 29 heavy (non-hydrogen) atoms. The second-order valence-electron chi connectivity index (χ2n) is 7.24. The van der Waals surface area contributed by atoms with Crippen LogP contribution in [-0.4, -0.2) is 28.1 Å². The molecule has 3 rings (SSSR count). The number of pyridine rings is 1. The monoisotopic (exact) mass is 396 g/mol. The van der Waals surface area contributed by atoms with E-state index in [0.29, 0.717) is 36.2 Å². The maximum Gasteiger partial charge on any atom is 0.251 e. The number of aryl methyl sites for hydroxylation is 1. The van der Waals surface area contributed by atoms with E-state index in [0.717, 1.165) is 47.8 Å². The number of nitrogens with two attached hydrogens (primary N) is 1. The minimum atomic E-state index is -0.325. The molecule has 0 aliphatic carbocycles. The first kappa shape index (κ1) is 20.9. The molecule has 0 unspecified atom stereocenters. The Hall–Kier alpha value is -2.80. The van der Waals surface area contributed by atoms with Gasteiger partial charge in [0.05, 0.1) is 24.2 Å². The summed E-state index contributed by atoms with van der Waals surface area (Å²) in [5, 5.41) is 9.28. The van der Waals surface area contributed by atoms with Gasteiger partial charge in [-0.3, -0.25) is 9.78 Å². The zero-order chi connectivity index (χ0) is 20.8. The van der Waals surface area contributed by atoms with E-state index < -0.39 is 0 Å². The number of fused-ring (bicyclic) bond motifs is 1. The predicted octanol–water partition coefficient (Wildman–Crippen LogP) is 4.53. The maximum absolute atomic E-state index is 11.3. The molecule has 0 saturated carbocycles. The van der Waals surface area contributed by atoms with Crippen LogP contribution in [0.1, 0.15) is 63.1 Å². The molecule has 1 aromatic carbocycles. The summed E-state index contributed by atoms with van der Waals surface area (Å²) in [6.07, 6.45) is 4.77. The Balaban J connectivity index is 1.69. The van der Waals surface area contributed by atoms with Crippen LogP contribution >= 0.6 is 0 Å². The molecule has 0 amide bonds. The molecule has 2 aromatic heterocycles. The Labute approximate surface area is 170 Å². The number of carbonyl (C=O) groups is 1. The van der Waals surface area contributed by atoms with Crippen LogP contribution in [-0.2, 0) is 4.79 Å². The first-order chi connectivity index (χ1) is 14.0. The Morgan fingerprint density at radius 2 is 2.03 bits per heavy atom. The smallest absolute Gasteiger partial charge is 0.251 e.